The van der Waals surface area contributed by atoms with Gasteiger partial charge in [-0.05, 0) is 38.6 Å². The van der Waals surface area contributed by atoms with Crippen LogP contribution in [0.3, 0.4) is 0 Å². The number of nitrogens with zero attached hydrogens (tertiary/aromatic N) is 4. The minimum absolute atomic E-state index is 0.345. The molecule has 0 N–H and O–H groups in total. The van der Waals surface area contributed by atoms with Crippen LogP contribution in [-0.4, -0.2) is 57.5 Å². The predicted molar refractivity (Wildman–Crippen MR) is 103 cm³/mol. The average molecular weight is 359 g/mol. The molecule has 1 unspecified atom stereocenters. The summed E-state index contributed by atoms with van der Waals surface area (Å²) in [5.74, 6) is 1.61. The molecule has 3 aliphatic rings. The zero-order valence-corrected chi connectivity index (χ0v) is 16.3. The molecule has 1 amide bonds. The number of hydrogen-bond donors (Lipinski definition) is 0. The molecule has 2 saturated heterocycles. The summed E-state index contributed by atoms with van der Waals surface area (Å²) in [6.07, 6.45) is 14.5. The zero-order chi connectivity index (χ0) is 18.0. The van der Waals surface area contributed by atoms with Gasteiger partial charge in [0.1, 0.15) is 5.82 Å². The third kappa shape index (κ3) is 3.68. The summed E-state index contributed by atoms with van der Waals surface area (Å²) in [5, 5.41) is 0. The quantitative estimate of drug-likeness (QED) is 0.812. The summed E-state index contributed by atoms with van der Waals surface area (Å²) in [7, 11) is 0. The molecule has 26 heavy (non-hydrogen) atoms. The van der Waals surface area contributed by atoms with Gasteiger partial charge in [-0.2, -0.15) is 0 Å². The van der Waals surface area contributed by atoms with Gasteiger partial charge in [-0.25, -0.2) is 4.98 Å². The highest BCUT2D eigenvalue weighted by Gasteiger charge is 2.43. The second-order valence-corrected chi connectivity index (χ2v) is 8.73. The van der Waals surface area contributed by atoms with Crippen LogP contribution in [-0.2, 0) is 17.8 Å². The molecule has 1 saturated carbocycles. The summed E-state index contributed by atoms with van der Waals surface area (Å²) >= 11 is 0. The Labute approximate surface area is 157 Å². The number of imidazole rings is 1. The maximum absolute atomic E-state index is 12.5. The lowest BCUT2D eigenvalue weighted by Gasteiger charge is -2.49. The molecule has 2 aliphatic heterocycles. The Morgan fingerprint density at radius 2 is 2.00 bits per heavy atom. The standard InChI is InChI=1S/C21H34N4O/c1-2-19-22-11-13-24(19)15-14-23-12-5-9-21(16-23)10-8-20(26)25(17-21)18-6-3-4-7-18/h11,13,18H,2-10,12,14-17H2,1H3. The van der Waals surface area contributed by atoms with Gasteiger partial charge in [-0.15, -0.1) is 0 Å². The van der Waals surface area contributed by atoms with E-state index in [1.54, 1.807) is 0 Å². The molecule has 1 spiro atoms. The Hall–Kier alpha value is -1.36. The van der Waals surface area contributed by atoms with E-state index in [2.05, 4.69) is 32.5 Å². The fourth-order valence-electron chi connectivity index (χ4n) is 5.53. The molecule has 1 aromatic heterocycles. The predicted octanol–water partition coefficient (Wildman–Crippen LogP) is 3.09. The molecule has 5 heteroatoms. The number of amides is 1. The van der Waals surface area contributed by atoms with Gasteiger partial charge in [0, 0.05) is 62.9 Å². The Bertz CT molecular complexity index is 621. The molecule has 4 rings (SSSR count). The molecule has 1 atom stereocenters. The summed E-state index contributed by atoms with van der Waals surface area (Å²) < 4.78 is 2.30. The first-order valence-electron chi connectivity index (χ1n) is 10.7. The number of carbonyl (C=O) groups is 1. The van der Waals surface area contributed by atoms with Crippen LogP contribution in [0.4, 0.5) is 0 Å². The number of hydrogen-bond acceptors (Lipinski definition) is 3. The minimum Gasteiger partial charge on any atom is -0.339 e. The first-order chi connectivity index (χ1) is 12.7. The first-order valence-corrected chi connectivity index (χ1v) is 10.7. The van der Waals surface area contributed by atoms with Crippen LogP contribution in [0, 0.1) is 5.41 Å². The van der Waals surface area contributed by atoms with E-state index in [1.807, 2.05) is 6.20 Å². The molecule has 5 nitrogen and oxygen atoms in total. The molecular weight excluding hydrogens is 324 g/mol. The lowest BCUT2D eigenvalue weighted by molar-refractivity contribution is -0.142. The van der Waals surface area contributed by atoms with Crippen LogP contribution in [0.5, 0.6) is 0 Å². The van der Waals surface area contributed by atoms with Crippen LogP contribution in [0.2, 0.25) is 0 Å². The van der Waals surface area contributed by atoms with Gasteiger partial charge in [0.25, 0.3) is 0 Å². The molecule has 144 valence electrons. The van der Waals surface area contributed by atoms with Crippen molar-refractivity contribution in [1.29, 1.82) is 0 Å². The van der Waals surface area contributed by atoms with Crippen molar-refractivity contribution in [2.24, 2.45) is 5.41 Å². The maximum atomic E-state index is 12.5. The summed E-state index contributed by atoms with van der Waals surface area (Å²) in [6.45, 7) is 7.69. The Balaban J connectivity index is 1.38. The van der Waals surface area contributed by atoms with Crippen molar-refractivity contribution in [2.75, 3.05) is 26.2 Å². The van der Waals surface area contributed by atoms with Crippen molar-refractivity contribution in [3.8, 4) is 0 Å². The van der Waals surface area contributed by atoms with Gasteiger partial charge < -0.3 is 14.4 Å². The Morgan fingerprint density at radius 1 is 1.15 bits per heavy atom. The van der Waals surface area contributed by atoms with Crippen LogP contribution in [0.25, 0.3) is 0 Å². The molecule has 3 fully saturated rings. The highest BCUT2D eigenvalue weighted by Crippen LogP contribution is 2.41. The number of aryl methyl sites for hydroxylation is 1. The highest BCUT2D eigenvalue weighted by molar-refractivity contribution is 5.77. The average Bonchev–Trinajstić information content (AvgIpc) is 3.34. The smallest absolute Gasteiger partial charge is 0.222 e. The molecule has 0 aromatic carbocycles. The van der Waals surface area contributed by atoms with Crippen LogP contribution >= 0.6 is 0 Å². The number of likely N-dealkylation sites (tertiary alicyclic amines) is 2. The molecule has 0 radical (unpaired) electrons. The number of piperidine rings is 2. The fraction of sp³-hybridized carbons (Fsp3) is 0.810. The molecule has 1 aliphatic carbocycles. The minimum atomic E-state index is 0.345. The Kier molecular flexibility index (Phi) is 5.35. The van der Waals surface area contributed by atoms with E-state index in [9.17, 15) is 4.79 Å². The van der Waals surface area contributed by atoms with Gasteiger partial charge >= 0.3 is 0 Å². The molecule has 3 heterocycles. The van der Waals surface area contributed by atoms with E-state index in [-0.39, 0.29) is 0 Å². The van der Waals surface area contributed by atoms with Gasteiger partial charge in [-0.1, -0.05) is 19.8 Å². The third-order valence-electron chi connectivity index (χ3n) is 6.98. The SMILES string of the molecule is CCc1nccn1CCN1CCCC2(CCC(=O)N(C3CCCC3)C2)C1. The second-order valence-electron chi connectivity index (χ2n) is 8.73. The molecular formula is C21H34N4O. The fourth-order valence-corrected chi connectivity index (χ4v) is 5.53. The van der Waals surface area contributed by atoms with Crippen LogP contribution in [0.1, 0.15) is 64.1 Å². The van der Waals surface area contributed by atoms with E-state index < -0.39 is 0 Å². The Morgan fingerprint density at radius 3 is 2.81 bits per heavy atom. The number of carbonyl (C=O) groups excluding carboxylic acids is 1. The maximum Gasteiger partial charge on any atom is 0.222 e. The number of aromatic nitrogens is 2. The van der Waals surface area contributed by atoms with Crippen molar-refractivity contribution in [3.05, 3.63) is 18.2 Å². The lowest BCUT2D eigenvalue weighted by Crippen LogP contribution is -2.56. The molecule has 0 bridgehead atoms. The van der Waals surface area contributed by atoms with Crippen molar-refractivity contribution in [1.82, 2.24) is 19.4 Å². The monoisotopic (exact) mass is 358 g/mol. The van der Waals surface area contributed by atoms with Crippen molar-refractivity contribution >= 4 is 5.91 Å². The molecule has 1 aromatic rings. The largest absolute Gasteiger partial charge is 0.339 e. The zero-order valence-electron chi connectivity index (χ0n) is 16.3. The van der Waals surface area contributed by atoms with E-state index in [0.717, 1.165) is 38.9 Å². The lowest BCUT2D eigenvalue weighted by atomic mass is 9.73. The van der Waals surface area contributed by atoms with Crippen LogP contribution in [0.15, 0.2) is 12.4 Å². The normalized spacial score (nSPS) is 28.3. The van der Waals surface area contributed by atoms with Gasteiger partial charge in [0.05, 0.1) is 0 Å². The van der Waals surface area contributed by atoms with Crippen molar-refractivity contribution < 1.29 is 4.79 Å². The second kappa shape index (κ2) is 7.71. The van der Waals surface area contributed by atoms with Gasteiger partial charge in [0.2, 0.25) is 5.91 Å². The van der Waals surface area contributed by atoms with Crippen LogP contribution < -0.4 is 0 Å². The van der Waals surface area contributed by atoms with Crippen molar-refractivity contribution in [3.63, 3.8) is 0 Å². The van der Waals surface area contributed by atoms with E-state index in [4.69, 9.17) is 0 Å². The van der Waals surface area contributed by atoms with E-state index >= 15 is 0 Å². The van der Waals surface area contributed by atoms with E-state index in [1.165, 1.54) is 57.4 Å². The topological polar surface area (TPSA) is 41.4 Å². The summed E-state index contributed by atoms with van der Waals surface area (Å²) in [5.41, 5.74) is 0.345. The third-order valence-corrected chi connectivity index (χ3v) is 6.98. The summed E-state index contributed by atoms with van der Waals surface area (Å²) in [4.78, 5) is 21.9. The number of rotatable bonds is 5. The first kappa shape index (κ1) is 18.0. The highest BCUT2D eigenvalue weighted by atomic mass is 16.2. The summed E-state index contributed by atoms with van der Waals surface area (Å²) in [6, 6.07) is 0.535. The van der Waals surface area contributed by atoms with Gasteiger partial charge in [-0.3, -0.25) is 4.79 Å². The van der Waals surface area contributed by atoms with E-state index in [0.29, 0.717) is 17.4 Å². The van der Waals surface area contributed by atoms with Crippen molar-refractivity contribution in [2.45, 2.75) is 77.3 Å². The van der Waals surface area contributed by atoms with Gasteiger partial charge in [0.15, 0.2) is 0 Å².